The molecule has 4 heteroatoms. The minimum absolute atomic E-state index is 0.128. The summed E-state index contributed by atoms with van der Waals surface area (Å²) in [5.74, 6) is 0.479. The monoisotopic (exact) mass is 209 g/mol. The Bertz CT molecular complexity index is 319. The molecule has 0 spiro atoms. The van der Waals surface area contributed by atoms with Gasteiger partial charge in [0.2, 0.25) is 0 Å². The summed E-state index contributed by atoms with van der Waals surface area (Å²) in [4.78, 5) is 15.8. The first-order chi connectivity index (χ1) is 7.13. The van der Waals surface area contributed by atoms with Gasteiger partial charge in [-0.25, -0.2) is 5.48 Å². The highest BCUT2D eigenvalue weighted by atomic mass is 16.6. The number of carbonyl (C=O) groups excluding carboxylic acids is 1. The fourth-order valence-corrected chi connectivity index (χ4v) is 1.11. The molecule has 0 saturated carbocycles. The lowest BCUT2D eigenvalue weighted by molar-refractivity contribution is 0.0537. The summed E-state index contributed by atoms with van der Waals surface area (Å²) in [5, 5.41) is 0. The fourth-order valence-electron chi connectivity index (χ4n) is 1.11. The second kappa shape index (κ2) is 5.36. The van der Waals surface area contributed by atoms with Crippen LogP contribution in [0.1, 0.15) is 24.2 Å². The van der Waals surface area contributed by atoms with Gasteiger partial charge in [0.15, 0.2) is 0 Å². The highest BCUT2D eigenvalue weighted by Gasteiger charge is 2.04. The van der Waals surface area contributed by atoms with Gasteiger partial charge in [-0.15, -0.1) is 0 Å². The Hall–Kier alpha value is -1.55. The molecule has 0 bridgehead atoms. The van der Waals surface area contributed by atoms with Gasteiger partial charge in [0, 0.05) is 5.56 Å². The van der Waals surface area contributed by atoms with Crippen molar-refractivity contribution in [2.24, 2.45) is 0 Å². The van der Waals surface area contributed by atoms with E-state index in [1.165, 1.54) is 7.11 Å². The first-order valence-electron chi connectivity index (χ1n) is 4.73. The van der Waals surface area contributed by atoms with E-state index in [-0.39, 0.29) is 12.0 Å². The summed E-state index contributed by atoms with van der Waals surface area (Å²) < 4.78 is 5.45. The molecular formula is C11H15NO3. The molecule has 0 aliphatic heterocycles. The molecule has 4 nitrogen and oxygen atoms in total. The summed E-state index contributed by atoms with van der Waals surface area (Å²) in [7, 11) is 1.40. The lowest BCUT2D eigenvalue weighted by atomic mass is 10.2. The van der Waals surface area contributed by atoms with Crippen LogP contribution in [0.3, 0.4) is 0 Å². The fraction of sp³-hybridized carbons (Fsp3) is 0.364. The van der Waals surface area contributed by atoms with Crippen LogP contribution in [0.5, 0.6) is 5.75 Å². The maximum atomic E-state index is 11.3. The van der Waals surface area contributed by atoms with Crippen molar-refractivity contribution in [3.63, 3.8) is 0 Å². The maximum absolute atomic E-state index is 11.3. The SMILES string of the molecule is CONC(=O)c1ccc(OC(C)C)cc1. The van der Waals surface area contributed by atoms with Gasteiger partial charge < -0.3 is 4.74 Å². The van der Waals surface area contributed by atoms with Gasteiger partial charge in [-0.2, -0.15) is 0 Å². The number of hydrogen-bond acceptors (Lipinski definition) is 3. The molecule has 1 aromatic rings. The summed E-state index contributed by atoms with van der Waals surface area (Å²) in [6.45, 7) is 3.90. The third kappa shape index (κ3) is 3.59. The van der Waals surface area contributed by atoms with Crippen molar-refractivity contribution >= 4 is 5.91 Å². The van der Waals surface area contributed by atoms with E-state index in [1.54, 1.807) is 24.3 Å². The molecule has 0 aromatic heterocycles. The van der Waals surface area contributed by atoms with Gasteiger partial charge >= 0.3 is 0 Å². The van der Waals surface area contributed by atoms with E-state index in [9.17, 15) is 4.79 Å². The first kappa shape index (κ1) is 11.5. The second-order valence-electron chi connectivity index (χ2n) is 3.33. The molecule has 1 N–H and O–H groups in total. The number of benzene rings is 1. The van der Waals surface area contributed by atoms with Crippen LogP contribution in [0.25, 0.3) is 0 Å². The van der Waals surface area contributed by atoms with E-state index in [4.69, 9.17) is 4.74 Å². The lowest BCUT2D eigenvalue weighted by Gasteiger charge is -2.09. The maximum Gasteiger partial charge on any atom is 0.274 e. The normalized spacial score (nSPS) is 10.1. The number of nitrogens with one attached hydrogen (secondary N) is 1. The molecular weight excluding hydrogens is 194 g/mol. The van der Waals surface area contributed by atoms with E-state index in [2.05, 4.69) is 10.3 Å². The van der Waals surface area contributed by atoms with Gasteiger partial charge in [-0.3, -0.25) is 9.63 Å². The van der Waals surface area contributed by atoms with Crippen LogP contribution in [0.4, 0.5) is 0 Å². The van der Waals surface area contributed by atoms with E-state index < -0.39 is 0 Å². The summed E-state index contributed by atoms with van der Waals surface area (Å²) in [5.41, 5.74) is 2.78. The lowest BCUT2D eigenvalue weighted by Crippen LogP contribution is -2.21. The van der Waals surface area contributed by atoms with Gasteiger partial charge in [0.1, 0.15) is 5.75 Å². The Morgan fingerprint density at radius 1 is 1.27 bits per heavy atom. The molecule has 0 saturated heterocycles. The van der Waals surface area contributed by atoms with E-state index in [1.807, 2.05) is 13.8 Å². The number of hydroxylamine groups is 1. The summed E-state index contributed by atoms with van der Waals surface area (Å²) in [6, 6.07) is 6.88. The highest BCUT2D eigenvalue weighted by Crippen LogP contribution is 2.13. The average molecular weight is 209 g/mol. The second-order valence-corrected chi connectivity index (χ2v) is 3.33. The quantitative estimate of drug-likeness (QED) is 0.769. The smallest absolute Gasteiger partial charge is 0.274 e. The molecule has 1 amide bonds. The molecule has 1 aromatic carbocycles. The predicted octanol–water partition coefficient (Wildman–Crippen LogP) is 1.77. The third-order valence-electron chi connectivity index (χ3n) is 1.68. The van der Waals surface area contributed by atoms with Crippen molar-refractivity contribution in [3.05, 3.63) is 29.8 Å². The van der Waals surface area contributed by atoms with Crippen molar-refractivity contribution in [1.29, 1.82) is 0 Å². The highest BCUT2D eigenvalue weighted by molar-refractivity contribution is 5.93. The van der Waals surface area contributed by atoms with Gasteiger partial charge in [-0.1, -0.05) is 0 Å². The van der Waals surface area contributed by atoms with Crippen LogP contribution in [0.2, 0.25) is 0 Å². The standard InChI is InChI=1S/C11H15NO3/c1-8(2)15-10-6-4-9(5-7-10)11(13)12-14-3/h4-8H,1-3H3,(H,12,13). The van der Waals surface area contributed by atoms with Crippen molar-refractivity contribution in [3.8, 4) is 5.75 Å². The van der Waals surface area contributed by atoms with Gasteiger partial charge in [0.25, 0.3) is 5.91 Å². The molecule has 0 aliphatic rings. The Balaban J connectivity index is 2.67. The van der Waals surface area contributed by atoms with Crippen molar-refractivity contribution in [2.75, 3.05) is 7.11 Å². The Labute approximate surface area is 89.1 Å². The third-order valence-corrected chi connectivity index (χ3v) is 1.68. The number of ether oxygens (including phenoxy) is 1. The molecule has 0 aliphatic carbocycles. The molecule has 82 valence electrons. The Morgan fingerprint density at radius 3 is 2.33 bits per heavy atom. The van der Waals surface area contributed by atoms with E-state index in [0.717, 1.165) is 5.75 Å². The van der Waals surface area contributed by atoms with Crippen LogP contribution in [0.15, 0.2) is 24.3 Å². The minimum Gasteiger partial charge on any atom is -0.491 e. The van der Waals surface area contributed by atoms with E-state index in [0.29, 0.717) is 5.56 Å². The zero-order valence-electron chi connectivity index (χ0n) is 9.11. The molecule has 15 heavy (non-hydrogen) atoms. The minimum atomic E-state index is -0.270. The molecule has 1 rings (SSSR count). The summed E-state index contributed by atoms with van der Waals surface area (Å²) in [6.07, 6.45) is 0.128. The Kier molecular flexibility index (Phi) is 4.12. The van der Waals surface area contributed by atoms with E-state index >= 15 is 0 Å². The van der Waals surface area contributed by atoms with Crippen molar-refractivity contribution in [2.45, 2.75) is 20.0 Å². The number of rotatable bonds is 4. The van der Waals surface area contributed by atoms with Gasteiger partial charge in [-0.05, 0) is 38.1 Å². The van der Waals surface area contributed by atoms with Crippen LogP contribution in [-0.2, 0) is 4.84 Å². The molecule has 0 unspecified atom stereocenters. The van der Waals surface area contributed by atoms with Crippen LogP contribution < -0.4 is 10.2 Å². The van der Waals surface area contributed by atoms with Crippen LogP contribution >= 0.6 is 0 Å². The number of carbonyl (C=O) groups is 1. The zero-order valence-corrected chi connectivity index (χ0v) is 9.11. The summed E-state index contributed by atoms with van der Waals surface area (Å²) >= 11 is 0. The predicted molar refractivity (Wildman–Crippen MR) is 56.7 cm³/mol. The van der Waals surface area contributed by atoms with Crippen molar-refractivity contribution in [1.82, 2.24) is 5.48 Å². The number of hydrogen-bond donors (Lipinski definition) is 1. The van der Waals surface area contributed by atoms with Crippen LogP contribution in [-0.4, -0.2) is 19.1 Å². The van der Waals surface area contributed by atoms with Gasteiger partial charge in [0.05, 0.1) is 13.2 Å². The Morgan fingerprint density at radius 2 is 1.87 bits per heavy atom. The van der Waals surface area contributed by atoms with Crippen molar-refractivity contribution < 1.29 is 14.4 Å². The first-order valence-corrected chi connectivity index (χ1v) is 4.73. The topological polar surface area (TPSA) is 47.6 Å². The zero-order chi connectivity index (χ0) is 11.3. The molecule has 0 fully saturated rings. The largest absolute Gasteiger partial charge is 0.491 e. The molecule has 0 radical (unpaired) electrons. The van der Waals surface area contributed by atoms with Crippen LogP contribution in [0, 0.1) is 0 Å². The average Bonchev–Trinajstić information content (AvgIpc) is 2.18. The number of amides is 1. The molecule has 0 atom stereocenters. The molecule has 0 heterocycles.